The molecule has 0 spiro atoms. The van der Waals surface area contributed by atoms with Crippen molar-refractivity contribution in [3.05, 3.63) is 52.7 Å². The van der Waals surface area contributed by atoms with E-state index in [1.165, 1.54) is 24.6 Å². The van der Waals surface area contributed by atoms with Gasteiger partial charge in [-0.3, -0.25) is 14.2 Å². The van der Waals surface area contributed by atoms with Crippen LogP contribution in [-0.4, -0.2) is 32.7 Å². The molecule has 4 rings (SSSR count). The third-order valence-corrected chi connectivity index (χ3v) is 7.13. The van der Waals surface area contributed by atoms with Crippen molar-refractivity contribution in [2.45, 2.75) is 42.5 Å². The number of amides is 1. The van der Waals surface area contributed by atoms with Crippen molar-refractivity contribution in [3.63, 3.8) is 0 Å². The van der Waals surface area contributed by atoms with E-state index in [9.17, 15) is 9.59 Å². The van der Waals surface area contributed by atoms with Crippen LogP contribution >= 0.6 is 23.1 Å². The molecule has 2 heterocycles. The lowest BCUT2D eigenvalue weighted by molar-refractivity contribution is -0.118. The standard InChI is InChI=1S/C20H22N4O2S2/c25-18(12-27-20-23-15-7-3-4-8-17(15)28-20)21-9-10-24-13-22-16(11-19(24)26)14-5-1-2-6-14/h3-4,7-8,11,13-14H,1-2,5-6,9-10,12H2,(H,21,25). The van der Waals surface area contributed by atoms with E-state index in [4.69, 9.17) is 0 Å². The number of benzene rings is 1. The summed E-state index contributed by atoms with van der Waals surface area (Å²) in [6.45, 7) is 0.831. The highest BCUT2D eigenvalue weighted by Crippen LogP contribution is 2.32. The number of hydrogen-bond donors (Lipinski definition) is 1. The second-order valence-electron chi connectivity index (χ2n) is 6.91. The molecule has 1 N–H and O–H groups in total. The maximum absolute atomic E-state index is 12.3. The largest absolute Gasteiger partial charge is 0.354 e. The number of carbonyl (C=O) groups excluding carboxylic acids is 1. The van der Waals surface area contributed by atoms with Crippen LogP contribution in [0.1, 0.15) is 37.3 Å². The van der Waals surface area contributed by atoms with E-state index in [2.05, 4.69) is 15.3 Å². The number of aromatic nitrogens is 3. The lowest BCUT2D eigenvalue weighted by atomic mass is 10.0. The molecule has 1 fully saturated rings. The first-order valence-corrected chi connectivity index (χ1v) is 11.3. The molecule has 1 amide bonds. The number of para-hydroxylation sites is 1. The van der Waals surface area contributed by atoms with Crippen LogP contribution in [0.15, 0.2) is 45.8 Å². The molecule has 0 bridgehead atoms. The first-order valence-electron chi connectivity index (χ1n) is 9.50. The minimum Gasteiger partial charge on any atom is -0.354 e. The Balaban J connectivity index is 1.24. The maximum atomic E-state index is 12.3. The van der Waals surface area contributed by atoms with Gasteiger partial charge in [-0.15, -0.1) is 11.3 Å². The molecule has 0 atom stereocenters. The zero-order valence-electron chi connectivity index (χ0n) is 15.5. The van der Waals surface area contributed by atoms with Gasteiger partial charge in [0.15, 0.2) is 4.34 Å². The van der Waals surface area contributed by atoms with Gasteiger partial charge in [-0.2, -0.15) is 0 Å². The SMILES string of the molecule is O=C(CSc1nc2ccccc2s1)NCCn1cnc(C2CCCC2)cc1=O. The van der Waals surface area contributed by atoms with Gasteiger partial charge < -0.3 is 5.32 Å². The van der Waals surface area contributed by atoms with E-state index in [0.717, 1.165) is 33.1 Å². The van der Waals surface area contributed by atoms with Crippen LogP contribution in [0.5, 0.6) is 0 Å². The van der Waals surface area contributed by atoms with E-state index in [0.29, 0.717) is 24.8 Å². The van der Waals surface area contributed by atoms with Crippen LogP contribution in [0.25, 0.3) is 10.2 Å². The molecule has 0 radical (unpaired) electrons. The molecule has 146 valence electrons. The molecule has 1 aliphatic carbocycles. The summed E-state index contributed by atoms with van der Waals surface area (Å²) in [7, 11) is 0. The molecular weight excluding hydrogens is 392 g/mol. The Bertz CT molecular complexity index is 991. The predicted octanol–water partition coefficient (Wildman–Crippen LogP) is 3.42. The fraction of sp³-hybridized carbons (Fsp3) is 0.400. The normalized spacial score (nSPS) is 14.6. The number of thiazole rings is 1. The first kappa shape index (κ1) is 19.1. The topological polar surface area (TPSA) is 76.9 Å². The number of nitrogens with one attached hydrogen (secondary N) is 1. The summed E-state index contributed by atoms with van der Waals surface area (Å²) in [6.07, 6.45) is 6.29. The van der Waals surface area contributed by atoms with Crippen LogP contribution in [0, 0.1) is 0 Å². The molecule has 0 saturated heterocycles. The summed E-state index contributed by atoms with van der Waals surface area (Å²) in [6, 6.07) is 9.60. The highest BCUT2D eigenvalue weighted by Gasteiger charge is 2.18. The predicted molar refractivity (Wildman–Crippen MR) is 113 cm³/mol. The Morgan fingerprint density at radius 3 is 2.89 bits per heavy atom. The van der Waals surface area contributed by atoms with E-state index < -0.39 is 0 Å². The number of nitrogens with zero attached hydrogens (tertiary/aromatic N) is 3. The van der Waals surface area contributed by atoms with Gasteiger partial charge in [-0.25, -0.2) is 9.97 Å². The van der Waals surface area contributed by atoms with Gasteiger partial charge in [0.05, 0.1) is 28.0 Å². The van der Waals surface area contributed by atoms with Crippen LogP contribution in [0.3, 0.4) is 0 Å². The summed E-state index contributed by atoms with van der Waals surface area (Å²) >= 11 is 3.03. The zero-order chi connectivity index (χ0) is 19.3. The maximum Gasteiger partial charge on any atom is 0.253 e. The van der Waals surface area contributed by atoms with Gasteiger partial charge >= 0.3 is 0 Å². The summed E-state index contributed by atoms with van der Waals surface area (Å²) in [4.78, 5) is 33.3. The molecule has 3 aromatic rings. The fourth-order valence-electron chi connectivity index (χ4n) is 3.46. The minimum absolute atomic E-state index is 0.0463. The molecule has 1 saturated carbocycles. The zero-order valence-corrected chi connectivity index (χ0v) is 17.1. The quantitative estimate of drug-likeness (QED) is 0.600. The Morgan fingerprint density at radius 2 is 2.11 bits per heavy atom. The highest BCUT2D eigenvalue weighted by molar-refractivity contribution is 8.01. The second kappa shape index (κ2) is 8.87. The van der Waals surface area contributed by atoms with Crippen molar-refractivity contribution in [3.8, 4) is 0 Å². The van der Waals surface area contributed by atoms with Crippen molar-refractivity contribution in [2.24, 2.45) is 0 Å². The average molecular weight is 415 g/mol. The third kappa shape index (κ3) is 4.62. The lowest BCUT2D eigenvalue weighted by Crippen LogP contribution is -2.32. The van der Waals surface area contributed by atoms with Crippen LogP contribution < -0.4 is 10.9 Å². The van der Waals surface area contributed by atoms with Gasteiger partial charge in [0, 0.05) is 25.1 Å². The molecule has 1 aliphatic rings. The summed E-state index contributed by atoms with van der Waals surface area (Å²) < 4.78 is 3.57. The molecule has 0 aliphatic heterocycles. The molecule has 6 nitrogen and oxygen atoms in total. The van der Waals surface area contributed by atoms with Crippen LogP contribution in [0.2, 0.25) is 0 Å². The lowest BCUT2D eigenvalue weighted by Gasteiger charge is -2.10. The molecule has 0 unspecified atom stereocenters. The number of thioether (sulfide) groups is 1. The fourth-order valence-corrected chi connectivity index (χ4v) is 5.36. The summed E-state index contributed by atoms with van der Waals surface area (Å²) in [5.41, 5.74) is 1.83. The molecule has 28 heavy (non-hydrogen) atoms. The highest BCUT2D eigenvalue weighted by atomic mass is 32.2. The number of rotatable bonds is 7. The monoisotopic (exact) mass is 414 g/mol. The second-order valence-corrected chi connectivity index (χ2v) is 9.17. The Morgan fingerprint density at radius 1 is 1.29 bits per heavy atom. The van der Waals surface area contributed by atoms with E-state index in [1.54, 1.807) is 28.3 Å². The van der Waals surface area contributed by atoms with Crippen molar-refractivity contribution in [2.75, 3.05) is 12.3 Å². The third-order valence-electron chi connectivity index (χ3n) is 4.95. The smallest absolute Gasteiger partial charge is 0.253 e. The van der Waals surface area contributed by atoms with Gasteiger partial charge in [0.1, 0.15) is 0 Å². The number of carbonyl (C=O) groups is 1. The molecule has 1 aromatic carbocycles. The van der Waals surface area contributed by atoms with Crippen molar-refractivity contribution < 1.29 is 4.79 Å². The summed E-state index contributed by atoms with van der Waals surface area (Å²) in [5.74, 6) is 0.683. The number of fused-ring (bicyclic) bond motifs is 1. The molecular formula is C20H22N4O2S2. The minimum atomic E-state index is -0.0622. The van der Waals surface area contributed by atoms with E-state index in [1.807, 2.05) is 24.3 Å². The van der Waals surface area contributed by atoms with Crippen LogP contribution in [0.4, 0.5) is 0 Å². The van der Waals surface area contributed by atoms with Gasteiger partial charge in [0.2, 0.25) is 5.91 Å². The Labute approximate surface area is 171 Å². The first-order chi connectivity index (χ1) is 13.7. The van der Waals surface area contributed by atoms with Crippen molar-refractivity contribution >= 4 is 39.2 Å². The van der Waals surface area contributed by atoms with Crippen LogP contribution in [-0.2, 0) is 11.3 Å². The summed E-state index contributed by atoms with van der Waals surface area (Å²) in [5, 5.41) is 2.86. The van der Waals surface area contributed by atoms with E-state index >= 15 is 0 Å². The van der Waals surface area contributed by atoms with Crippen molar-refractivity contribution in [1.82, 2.24) is 19.9 Å². The van der Waals surface area contributed by atoms with Gasteiger partial charge in [-0.05, 0) is 25.0 Å². The average Bonchev–Trinajstić information content (AvgIpc) is 3.37. The van der Waals surface area contributed by atoms with Crippen molar-refractivity contribution in [1.29, 1.82) is 0 Å². The molecule has 2 aromatic heterocycles. The van der Waals surface area contributed by atoms with Gasteiger partial charge in [0.25, 0.3) is 5.56 Å². The van der Waals surface area contributed by atoms with Gasteiger partial charge in [-0.1, -0.05) is 36.7 Å². The Kier molecular flexibility index (Phi) is 6.07. The Hall–Kier alpha value is -2.19. The molecule has 8 heteroatoms. The van der Waals surface area contributed by atoms with E-state index in [-0.39, 0.29) is 11.5 Å². The number of hydrogen-bond acceptors (Lipinski definition) is 6.